The molecule has 1 aromatic carbocycles. The number of fused-ring (bicyclic) bond motifs is 2. The molecule has 20 heavy (non-hydrogen) atoms. The van der Waals surface area contributed by atoms with Gasteiger partial charge in [-0.1, -0.05) is 26.0 Å². The molecule has 3 nitrogen and oxygen atoms in total. The second-order valence-electron chi connectivity index (χ2n) is 5.29. The van der Waals surface area contributed by atoms with Crippen molar-refractivity contribution in [3.05, 3.63) is 34.7 Å². The first-order chi connectivity index (χ1) is 9.51. The molecular formula is C15H18O3S2. The van der Waals surface area contributed by atoms with Gasteiger partial charge in [-0.2, -0.15) is 0 Å². The van der Waals surface area contributed by atoms with Crippen molar-refractivity contribution in [1.29, 1.82) is 0 Å². The van der Waals surface area contributed by atoms with Gasteiger partial charge in [0.1, 0.15) is 11.4 Å². The monoisotopic (exact) mass is 310 g/mol. The van der Waals surface area contributed by atoms with Crippen molar-refractivity contribution in [2.75, 3.05) is 11.5 Å². The normalized spacial score (nSPS) is 22.7. The first kappa shape index (κ1) is 14.0. The largest absolute Gasteiger partial charge is 0.485 e. The van der Waals surface area contributed by atoms with Crippen LogP contribution in [0.1, 0.15) is 32.3 Å². The van der Waals surface area contributed by atoms with E-state index in [2.05, 4.69) is 13.8 Å². The van der Waals surface area contributed by atoms with Crippen LogP contribution in [0.25, 0.3) is 5.76 Å². The number of rotatable bonds is 2. The Morgan fingerprint density at radius 1 is 1.25 bits per heavy atom. The molecule has 1 aromatic rings. The Bertz CT molecular complexity index is 670. The number of thioether (sulfide) groups is 1. The summed E-state index contributed by atoms with van der Waals surface area (Å²) < 4.78 is 30.9. The highest BCUT2D eigenvalue weighted by molar-refractivity contribution is 8.04. The van der Waals surface area contributed by atoms with Crippen LogP contribution in [0.15, 0.2) is 34.1 Å². The van der Waals surface area contributed by atoms with Crippen LogP contribution in [0.2, 0.25) is 0 Å². The summed E-state index contributed by atoms with van der Waals surface area (Å²) in [5, 5.41) is 0. The van der Waals surface area contributed by atoms with E-state index in [4.69, 9.17) is 4.74 Å². The summed E-state index contributed by atoms with van der Waals surface area (Å²) in [6, 6.07) is 7.16. The van der Waals surface area contributed by atoms with E-state index in [0.29, 0.717) is 4.90 Å². The van der Waals surface area contributed by atoms with Crippen LogP contribution in [0.3, 0.4) is 0 Å². The molecule has 0 radical (unpaired) electrons. The molecule has 0 aliphatic carbocycles. The number of benzene rings is 1. The van der Waals surface area contributed by atoms with Crippen LogP contribution in [-0.4, -0.2) is 25.5 Å². The standard InChI is InChI=1S/C15H18O3S2/c1-3-15(4-2)10-19-12-9-20(16,17)13-8-6-5-7-11(13)14(12)18-15/h5-8H,3-4,9-10H2,1-2H3. The number of hydrogen-bond donors (Lipinski definition) is 0. The van der Waals surface area contributed by atoms with E-state index in [9.17, 15) is 8.42 Å². The molecule has 0 saturated carbocycles. The maximum Gasteiger partial charge on any atom is 0.183 e. The molecule has 0 amide bonds. The van der Waals surface area contributed by atoms with E-state index in [1.54, 1.807) is 23.9 Å². The first-order valence-corrected chi connectivity index (χ1v) is 9.52. The van der Waals surface area contributed by atoms with Crippen molar-refractivity contribution in [3.63, 3.8) is 0 Å². The van der Waals surface area contributed by atoms with Crippen LogP contribution in [-0.2, 0) is 14.6 Å². The number of sulfone groups is 1. The molecule has 3 rings (SSSR count). The van der Waals surface area contributed by atoms with E-state index in [1.165, 1.54) is 0 Å². The zero-order valence-corrected chi connectivity index (χ0v) is 13.3. The maximum absolute atomic E-state index is 12.3. The lowest BCUT2D eigenvalue weighted by Crippen LogP contribution is -2.38. The van der Waals surface area contributed by atoms with Gasteiger partial charge in [-0.05, 0) is 25.0 Å². The van der Waals surface area contributed by atoms with Crippen molar-refractivity contribution < 1.29 is 13.2 Å². The van der Waals surface area contributed by atoms with Crippen molar-refractivity contribution >= 4 is 27.4 Å². The second-order valence-corrected chi connectivity index (χ2v) is 8.32. The van der Waals surface area contributed by atoms with Gasteiger partial charge in [0.25, 0.3) is 0 Å². The van der Waals surface area contributed by atoms with Crippen LogP contribution < -0.4 is 0 Å². The zero-order chi connectivity index (χ0) is 14.4. The quantitative estimate of drug-likeness (QED) is 0.839. The van der Waals surface area contributed by atoms with Crippen LogP contribution >= 0.6 is 11.8 Å². The van der Waals surface area contributed by atoms with E-state index < -0.39 is 9.84 Å². The summed E-state index contributed by atoms with van der Waals surface area (Å²) in [7, 11) is -3.22. The minimum absolute atomic E-state index is 0.0769. The maximum atomic E-state index is 12.3. The number of hydrogen-bond acceptors (Lipinski definition) is 4. The minimum Gasteiger partial charge on any atom is -0.485 e. The molecule has 5 heteroatoms. The lowest BCUT2D eigenvalue weighted by atomic mass is 9.99. The second kappa shape index (κ2) is 4.81. The lowest BCUT2D eigenvalue weighted by molar-refractivity contribution is 0.0517. The fourth-order valence-corrected chi connectivity index (χ4v) is 6.07. The Morgan fingerprint density at radius 2 is 1.95 bits per heavy atom. The Balaban J connectivity index is 2.14. The first-order valence-electron chi connectivity index (χ1n) is 6.88. The SMILES string of the molecule is CCC1(CC)CSC2=C(O1)c1ccccc1S(=O)(=O)C2. The topological polar surface area (TPSA) is 43.4 Å². The number of ether oxygens (including phenoxy) is 1. The molecule has 2 aliphatic heterocycles. The Kier molecular flexibility index (Phi) is 3.37. The molecule has 0 fully saturated rings. The highest BCUT2D eigenvalue weighted by Gasteiger charge is 2.40. The van der Waals surface area contributed by atoms with Crippen LogP contribution in [0.4, 0.5) is 0 Å². The molecular weight excluding hydrogens is 292 g/mol. The van der Waals surface area contributed by atoms with Crippen molar-refractivity contribution in [1.82, 2.24) is 0 Å². The summed E-state index contributed by atoms with van der Waals surface area (Å²) in [6.45, 7) is 4.25. The molecule has 0 spiro atoms. The third-order valence-electron chi connectivity index (χ3n) is 4.16. The van der Waals surface area contributed by atoms with Crippen LogP contribution in [0, 0.1) is 0 Å². The van der Waals surface area contributed by atoms with Gasteiger partial charge in [-0.25, -0.2) is 8.42 Å². The minimum atomic E-state index is -3.22. The molecule has 0 N–H and O–H groups in total. The van der Waals surface area contributed by atoms with Gasteiger partial charge in [0.05, 0.1) is 10.6 Å². The Labute approximate surface area is 124 Å². The van der Waals surface area contributed by atoms with E-state index in [0.717, 1.165) is 34.8 Å². The van der Waals surface area contributed by atoms with Gasteiger partial charge >= 0.3 is 0 Å². The third-order valence-corrected chi connectivity index (χ3v) is 7.38. The highest BCUT2D eigenvalue weighted by atomic mass is 32.2. The molecule has 0 bridgehead atoms. The average molecular weight is 310 g/mol. The Morgan fingerprint density at radius 3 is 2.65 bits per heavy atom. The summed E-state index contributed by atoms with van der Waals surface area (Å²) in [5.74, 6) is 1.69. The average Bonchev–Trinajstić information content (AvgIpc) is 2.47. The smallest absolute Gasteiger partial charge is 0.183 e. The molecule has 0 saturated heterocycles. The van der Waals surface area contributed by atoms with Gasteiger partial charge in [-0.15, -0.1) is 11.8 Å². The van der Waals surface area contributed by atoms with Crippen molar-refractivity contribution in [2.45, 2.75) is 37.2 Å². The predicted molar refractivity (Wildman–Crippen MR) is 82.3 cm³/mol. The molecule has 2 aliphatic rings. The molecule has 108 valence electrons. The van der Waals surface area contributed by atoms with Gasteiger partial charge in [0, 0.05) is 16.2 Å². The summed E-state index contributed by atoms with van der Waals surface area (Å²) >= 11 is 1.64. The Hall–Kier alpha value is -0.940. The van der Waals surface area contributed by atoms with E-state index in [-0.39, 0.29) is 11.4 Å². The van der Waals surface area contributed by atoms with Gasteiger partial charge in [0.2, 0.25) is 0 Å². The fraction of sp³-hybridized carbons (Fsp3) is 0.467. The van der Waals surface area contributed by atoms with E-state index in [1.807, 2.05) is 12.1 Å². The van der Waals surface area contributed by atoms with E-state index >= 15 is 0 Å². The van der Waals surface area contributed by atoms with Gasteiger partial charge in [-0.3, -0.25) is 0 Å². The van der Waals surface area contributed by atoms with Crippen LogP contribution in [0.5, 0.6) is 0 Å². The van der Waals surface area contributed by atoms with Gasteiger partial charge in [0.15, 0.2) is 9.84 Å². The van der Waals surface area contributed by atoms with Gasteiger partial charge < -0.3 is 4.74 Å². The zero-order valence-electron chi connectivity index (χ0n) is 11.7. The lowest BCUT2D eigenvalue weighted by Gasteiger charge is -2.40. The molecule has 2 heterocycles. The third kappa shape index (κ3) is 2.07. The molecule has 0 aromatic heterocycles. The van der Waals surface area contributed by atoms with Crippen molar-refractivity contribution in [3.8, 4) is 0 Å². The predicted octanol–water partition coefficient (Wildman–Crippen LogP) is 3.46. The molecule has 0 unspecified atom stereocenters. The van der Waals surface area contributed by atoms with Crippen molar-refractivity contribution in [2.24, 2.45) is 0 Å². The summed E-state index contributed by atoms with van der Waals surface area (Å²) in [5.41, 5.74) is 0.560. The highest BCUT2D eigenvalue weighted by Crippen LogP contribution is 2.47. The molecule has 0 atom stereocenters. The summed E-state index contributed by atoms with van der Waals surface area (Å²) in [6.07, 6.45) is 1.87. The fourth-order valence-electron chi connectivity index (χ4n) is 2.67. The summed E-state index contributed by atoms with van der Waals surface area (Å²) in [4.78, 5) is 1.27.